The summed E-state index contributed by atoms with van der Waals surface area (Å²) in [7, 11) is 0. The molecule has 0 aliphatic carbocycles. The van der Waals surface area contributed by atoms with Gasteiger partial charge in [-0.25, -0.2) is 0 Å². The zero-order chi connectivity index (χ0) is 10.7. The Bertz CT molecular complexity index is 315. The minimum atomic E-state index is -0.295. The third-order valence-corrected chi connectivity index (χ3v) is 2.60. The van der Waals surface area contributed by atoms with E-state index >= 15 is 0 Å². The summed E-state index contributed by atoms with van der Waals surface area (Å²) in [6, 6.07) is 7.53. The van der Waals surface area contributed by atoms with Crippen LogP contribution in [-0.4, -0.2) is 24.8 Å². The van der Waals surface area contributed by atoms with Gasteiger partial charge in [0.15, 0.2) is 0 Å². The maximum Gasteiger partial charge on any atom is 0.203 e. The molecule has 1 aliphatic rings. The largest absolute Gasteiger partial charge is 0.346 e. The summed E-state index contributed by atoms with van der Waals surface area (Å²) in [5.41, 5.74) is 0.998. The van der Waals surface area contributed by atoms with Crippen LogP contribution in [0.2, 0.25) is 5.02 Å². The Morgan fingerprint density at radius 1 is 1.40 bits per heavy atom. The molecule has 0 amide bonds. The molecule has 2 rings (SSSR count). The van der Waals surface area contributed by atoms with Crippen LogP contribution in [0.15, 0.2) is 24.3 Å². The fourth-order valence-corrected chi connectivity index (χ4v) is 1.62. The van der Waals surface area contributed by atoms with Gasteiger partial charge in [0.05, 0.1) is 6.61 Å². The average molecular weight is 228 g/mol. The van der Waals surface area contributed by atoms with Crippen LogP contribution in [-0.2, 0) is 9.57 Å². The minimum Gasteiger partial charge on any atom is -0.346 e. The number of hydrogen-bond acceptors (Lipinski definition) is 3. The molecule has 1 aromatic carbocycles. The molecule has 82 valence electrons. The van der Waals surface area contributed by atoms with E-state index in [1.165, 1.54) is 0 Å². The first-order valence-electron chi connectivity index (χ1n) is 5.08. The van der Waals surface area contributed by atoms with Crippen molar-refractivity contribution in [1.29, 1.82) is 0 Å². The van der Waals surface area contributed by atoms with E-state index in [1.807, 2.05) is 29.3 Å². The Labute approximate surface area is 94.5 Å². The lowest BCUT2D eigenvalue weighted by Crippen LogP contribution is -2.35. The lowest BCUT2D eigenvalue weighted by Gasteiger charge is -2.31. The third kappa shape index (κ3) is 2.69. The molecular weight excluding hydrogens is 214 g/mol. The smallest absolute Gasteiger partial charge is 0.203 e. The fraction of sp³-hybridized carbons (Fsp3) is 0.455. The Morgan fingerprint density at radius 2 is 2.13 bits per heavy atom. The highest BCUT2D eigenvalue weighted by Gasteiger charge is 2.21. The molecule has 1 saturated heterocycles. The number of halogens is 1. The summed E-state index contributed by atoms with van der Waals surface area (Å²) in [6.07, 6.45) is -0.295. The van der Waals surface area contributed by atoms with E-state index in [2.05, 4.69) is 6.92 Å². The van der Waals surface area contributed by atoms with Crippen LogP contribution in [0.5, 0.6) is 0 Å². The van der Waals surface area contributed by atoms with Gasteiger partial charge in [-0.2, -0.15) is 5.06 Å². The van der Waals surface area contributed by atoms with E-state index in [1.54, 1.807) is 0 Å². The number of benzene rings is 1. The molecule has 0 aromatic heterocycles. The molecule has 1 unspecified atom stereocenters. The van der Waals surface area contributed by atoms with E-state index in [0.29, 0.717) is 6.61 Å². The number of rotatable bonds is 2. The Hall–Kier alpha value is -0.610. The number of nitrogens with zero attached hydrogens (tertiary/aromatic N) is 1. The summed E-state index contributed by atoms with van der Waals surface area (Å²) >= 11 is 5.81. The number of hydroxylamine groups is 2. The van der Waals surface area contributed by atoms with E-state index < -0.39 is 0 Å². The molecule has 1 fully saturated rings. The summed E-state index contributed by atoms with van der Waals surface area (Å²) in [5, 5.41) is 2.63. The number of likely N-dealkylation sites (N-methyl/N-ethyl adjacent to an activating group) is 1. The maximum atomic E-state index is 5.81. The van der Waals surface area contributed by atoms with Gasteiger partial charge in [-0.1, -0.05) is 30.7 Å². The second-order valence-corrected chi connectivity index (χ2v) is 3.82. The summed E-state index contributed by atoms with van der Waals surface area (Å²) in [6.45, 7) is 4.44. The number of ether oxygens (including phenoxy) is 1. The highest BCUT2D eigenvalue weighted by atomic mass is 35.5. The van der Waals surface area contributed by atoms with E-state index in [9.17, 15) is 0 Å². The maximum absolute atomic E-state index is 5.81. The lowest BCUT2D eigenvalue weighted by molar-refractivity contribution is -0.323. The molecule has 3 nitrogen and oxygen atoms in total. The molecule has 1 atom stereocenters. The zero-order valence-corrected chi connectivity index (χ0v) is 9.41. The molecule has 4 heteroatoms. The molecule has 1 aliphatic heterocycles. The topological polar surface area (TPSA) is 21.7 Å². The second kappa shape index (κ2) is 4.94. The van der Waals surface area contributed by atoms with Gasteiger partial charge in [-0.15, -0.1) is 0 Å². The fourth-order valence-electron chi connectivity index (χ4n) is 1.49. The van der Waals surface area contributed by atoms with Gasteiger partial charge in [-0.05, 0) is 12.1 Å². The first-order chi connectivity index (χ1) is 7.29. The normalized spacial score (nSPS) is 22.9. The average Bonchev–Trinajstić information content (AvgIpc) is 2.30. The number of hydrogen-bond donors (Lipinski definition) is 0. The molecule has 0 bridgehead atoms. The second-order valence-electron chi connectivity index (χ2n) is 3.38. The molecule has 15 heavy (non-hydrogen) atoms. The van der Waals surface area contributed by atoms with Crippen LogP contribution in [0.4, 0.5) is 0 Å². The van der Waals surface area contributed by atoms with Crippen LogP contribution in [0, 0.1) is 0 Å². The standard InChI is InChI=1S/C11H14ClNO2/c1-2-13-7-8-14-11(15-13)9-3-5-10(12)6-4-9/h3-6,11H,2,7-8H2,1H3. The molecule has 0 N–H and O–H groups in total. The van der Waals surface area contributed by atoms with Crippen molar-refractivity contribution in [3.63, 3.8) is 0 Å². The third-order valence-electron chi connectivity index (χ3n) is 2.35. The molecule has 0 radical (unpaired) electrons. The van der Waals surface area contributed by atoms with Crippen molar-refractivity contribution in [2.75, 3.05) is 19.7 Å². The van der Waals surface area contributed by atoms with Crippen molar-refractivity contribution in [3.8, 4) is 0 Å². The van der Waals surface area contributed by atoms with Gasteiger partial charge in [0, 0.05) is 23.7 Å². The van der Waals surface area contributed by atoms with Crippen LogP contribution in [0.3, 0.4) is 0 Å². The summed E-state index contributed by atoms with van der Waals surface area (Å²) < 4.78 is 5.53. The molecule has 0 spiro atoms. The van der Waals surface area contributed by atoms with E-state index in [4.69, 9.17) is 21.2 Å². The van der Waals surface area contributed by atoms with Crippen LogP contribution < -0.4 is 0 Å². The van der Waals surface area contributed by atoms with Gasteiger partial charge in [0.2, 0.25) is 6.29 Å². The Balaban J connectivity index is 2.06. The van der Waals surface area contributed by atoms with Crippen LogP contribution in [0.25, 0.3) is 0 Å². The molecule has 0 saturated carbocycles. The quantitative estimate of drug-likeness (QED) is 0.775. The van der Waals surface area contributed by atoms with Crippen LogP contribution in [0.1, 0.15) is 18.8 Å². The first kappa shape index (κ1) is 10.9. The van der Waals surface area contributed by atoms with Gasteiger partial charge in [0.1, 0.15) is 0 Å². The Kier molecular flexibility index (Phi) is 3.59. The SMILES string of the molecule is CCN1CCOC(c2ccc(Cl)cc2)O1. The monoisotopic (exact) mass is 227 g/mol. The molecule has 1 heterocycles. The lowest BCUT2D eigenvalue weighted by atomic mass is 10.2. The van der Waals surface area contributed by atoms with Crippen molar-refractivity contribution >= 4 is 11.6 Å². The predicted octanol–water partition coefficient (Wildman–Crippen LogP) is 2.62. The zero-order valence-electron chi connectivity index (χ0n) is 8.65. The molecular formula is C11H14ClNO2. The van der Waals surface area contributed by atoms with Crippen molar-refractivity contribution in [1.82, 2.24) is 5.06 Å². The van der Waals surface area contributed by atoms with Crippen LogP contribution >= 0.6 is 11.6 Å². The van der Waals surface area contributed by atoms with Crippen molar-refractivity contribution in [2.45, 2.75) is 13.2 Å². The van der Waals surface area contributed by atoms with Crippen molar-refractivity contribution in [2.24, 2.45) is 0 Å². The van der Waals surface area contributed by atoms with Gasteiger partial charge >= 0.3 is 0 Å². The van der Waals surface area contributed by atoms with Gasteiger partial charge in [-0.3, -0.25) is 4.84 Å². The summed E-state index contributed by atoms with van der Waals surface area (Å²) in [4.78, 5) is 5.63. The van der Waals surface area contributed by atoms with E-state index in [-0.39, 0.29) is 6.29 Å². The van der Waals surface area contributed by atoms with Crippen molar-refractivity contribution in [3.05, 3.63) is 34.9 Å². The predicted molar refractivity (Wildman–Crippen MR) is 58.5 cm³/mol. The van der Waals surface area contributed by atoms with Gasteiger partial charge < -0.3 is 4.74 Å². The highest BCUT2D eigenvalue weighted by molar-refractivity contribution is 6.30. The molecule has 1 aromatic rings. The van der Waals surface area contributed by atoms with E-state index in [0.717, 1.165) is 23.7 Å². The Morgan fingerprint density at radius 3 is 2.80 bits per heavy atom. The first-order valence-corrected chi connectivity index (χ1v) is 5.46. The highest BCUT2D eigenvalue weighted by Crippen LogP contribution is 2.24. The minimum absolute atomic E-state index is 0.295. The summed E-state index contributed by atoms with van der Waals surface area (Å²) in [5.74, 6) is 0. The van der Waals surface area contributed by atoms with Crippen molar-refractivity contribution < 1.29 is 9.57 Å². The van der Waals surface area contributed by atoms with Gasteiger partial charge in [0.25, 0.3) is 0 Å².